The first kappa shape index (κ1) is 17.4. The van der Waals surface area contributed by atoms with E-state index in [1.54, 1.807) is 6.21 Å². The molecular weight excluding hydrogens is 328 g/mol. The standard InChI is InChI=1S/C20H20N4O2/c1-14-19(12-21-22-20(26)17-8-10-18(25)11-9-17)15(2)24(23-14)13-16-6-4-3-5-7-16/h3-12,25H,13H2,1-2H3,(H,22,26)/b21-12-. The summed E-state index contributed by atoms with van der Waals surface area (Å²) in [5.41, 5.74) is 6.80. The molecule has 2 N–H and O–H groups in total. The van der Waals surface area contributed by atoms with Gasteiger partial charge in [-0.05, 0) is 43.7 Å². The first-order valence-corrected chi connectivity index (χ1v) is 8.25. The van der Waals surface area contributed by atoms with Crippen molar-refractivity contribution in [2.24, 2.45) is 5.10 Å². The molecule has 0 fully saturated rings. The number of aromatic nitrogens is 2. The average Bonchev–Trinajstić information content (AvgIpc) is 2.90. The van der Waals surface area contributed by atoms with Crippen LogP contribution in [0, 0.1) is 13.8 Å². The van der Waals surface area contributed by atoms with Crippen molar-refractivity contribution in [1.82, 2.24) is 15.2 Å². The lowest BCUT2D eigenvalue weighted by molar-refractivity contribution is 0.0955. The van der Waals surface area contributed by atoms with Crippen molar-refractivity contribution in [2.75, 3.05) is 0 Å². The van der Waals surface area contributed by atoms with Crippen LogP contribution < -0.4 is 5.43 Å². The molecule has 0 aliphatic heterocycles. The van der Waals surface area contributed by atoms with Crippen LogP contribution >= 0.6 is 0 Å². The Balaban J connectivity index is 1.70. The van der Waals surface area contributed by atoms with Gasteiger partial charge < -0.3 is 5.11 Å². The van der Waals surface area contributed by atoms with Gasteiger partial charge in [-0.25, -0.2) is 5.43 Å². The number of phenolic OH excluding ortho intramolecular Hbond substituents is 1. The van der Waals surface area contributed by atoms with E-state index in [4.69, 9.17) is 0 Å². The lowest BCUT2D eigenvalue weighted by Crippen LogP contribution is -2.17. The zero-order valence-electron chi connectivity index (χ0n) is 14.7. The van der Waals surface area contributed by atoms with Crippen LogP contribution in [0.2, 0.25) is 0 Å². The van der Waals surface area contributed by atoms with Crippen LogP contribution in [0.5, 0.6) is 5.75 Å². The highest BCUT2D eigenvalue weighted by molar-refractivity contribution is 5.95. The summed E-state index contributed by atoms with van der Waals surface area (Å²) in [6, 6.07) is 16.1. The topological polar surface area (TPSA) is 79.5 Å². The molecule has 0 bridgehead atoms. The van der Waals surface area contributed by atoms with Gasteiger partial charge in [0.2, 0.25) is 0 Å². The molecule has 0 aliphatic rings. The van der Waals surface area contributed by atoms with E-state index in [1.807, 2.05) is 36.7 Å². The van der Waals surface area contributed by atoms with Crippen molar-refractivity contribution in [1.29, 1.82) is 0 Å². The lowest BCUT2D eigenvalue weighted by Gasteiger charge is -2.04. The fourth-order valence-corrected chi connectivity index (χ4v) is 2.64. The Hall–Kier alpha value is -3.41. The summed E-state index contributed by atoms with van der Waals surface area (Å²) in [5, 5.41) is 17.9. The Labute approximate surface area is 151 Å². The molecule has 1 aromatic heterocycles. The van der Waals surface area contributed by atoms with Gasteiger partial charge in [-0.1, -0.05) is 30.3 Å². The predicted octanol–water partition coefficient (Wildman–Crippen LogP) is 3.02. The zero-order chi connectivity index (χ0) is 18.5. The van der Waals surface area contributed by atoms with E-state index < -0.39 is 0 Å². The third kappa shape index (κ3) is 3.97. The normalized spacial score (nSPS) is 11.0. The maximum Gasteiger partial charge on any atom is 0.271 e. The fraction of sp³-hybridized carbons (Fsp3) is 0.150. The molecule has 26 heavy (non-hydrogen) atoms. The number of aryl methyl sites for hydroxylation is 1. The van der Waals surface area contributed by atoms with Crippen molar-refractivity contribution in [3.63, 3.8) is 0 Å². The summed E-state index contributed by atoms with van der Waals surface area (Å²) in [6.07, 6.45) is 1.61. The zero-order valence-corrected chi connectivity index (χ0v) is 14.7. The van der Waals surface area contributed by atoms with Crippen LogP contribution in [-0.2, 0) is 6.54 Å². The monoisotopic (exact) mass is 348 g/mol. The second-order valence-electron chi connectivity index (χ2n) is 5.97. The van der Waals surface area contributed by atoms with Crippen LogP contribution in [0.3, 0.4) is 0 Å². The SMILES string of the molecule is Cc1nn(Cc2ccccc2)c(C)c1/C=N\NC(=O)c1ccc(O)cc1. The second kappa shape index (κ2) is 7.65. The molecule has 132 valence electrons. The highest BCUT2D eigenvalue weighted by Gasteiger charge is 2.10. The number of nitrogens with one attached hydrogen (secondary N) is 1. The minimum atomic E-state index is -0.340. The van der Waals surface area contributed by atoms with Gasteiger partial charge in [-0.3, -0.25) is 9.48 Å². The molecule has 0 unspecified atom stereocenters. The van der Waals surface area contributed by atoms with Crippen LogP contribution in [-0.4, -0.2) is 27.0 Å². The lowest BCUT2D eigenvalue weighted by atomic mass is 10.2. The van der Waals surface area contributed by atoms with E-state index in [-0.39, 0.29) is 11.7 Å². The number of carbonyl (C=O) groups excluding carboxylic acids is 1. The summed E-state index contributed by atoms with van der Waals surface area (Å²) >= 11 is 0. The van der Waals surface area contributed by atoms with Gasteiger partial charge in [-0.15, -0.1) is 0 Å². The molecule has 3 aromatic rings. The Bertz CT molecular complexity index is 928. The third-order valence-corrected chi connectivity index (χ3v) is 4.10. The van der Waals surface area contributed by atoms with Crippen molar-refractivity contribution >= 4 is 12.1 Å². The number of aromatic hydroxyl groups is 1. The number of nitrogens with zero attached hydrogens (tertiary/aromatic N) is 3. The first-order valence-electron chi connectivity index (χ1n) is 8.25. The molecule has 3 rings (SSSR count). The Morgan fingerprint density at radius 2 is 1.85 bits per heavy atom. The van der Waals surface area contributed by atoms with E-state index >= 15 is 0 Å². The fourth-order valence-electron chi connectivity index (χ4n) is 2.64. The number of hydrogen-bond acceptors (Lipinski definition) is 4. The molecule has 2 aromatic carbocycles. The number of phenols is 1. The molecule has 1 amide bonds. The molecule has 0 saturated heterocycles. The van der Waals surface area contributed by atoms with Gasteiger partial charge in [0.1, 0.15) is 5.75 Å². The van der Waals surface area contributed by atoms with Crippen molar-refractivity contribution < 1.29 is 9.90 Å². The number of carbonyl (C=O) groups is 1. The van der Waals surface area contributed by atoms with Gasteiger partial charge in [-0.2, -0.15) is 10.2 Å². The largest absolute Gasteiger partial charge is 0.508 e. The highest BCUT2D eigenvalue weighted by Crippen LogP contribution is 2.13. The van der Waals surface area contributed by atoms with Crippen molar-refractivity contribution in [3.05, 3.63) is 82.7 Å². The van der Waals surface area contributed by atoms with E-state index in [0.29, 0.717) is 12.1 Å². The summed E-state index contributed by atoms with van der Waals surface area (Å²) in [7, 11) is 0. The summed E-state index contributed by atoms with van der Waals surface area (Å²) in [6.45, 7) is 4.57. The van der Waals surface area contributed by atoms with Crippen LogP contribution in [0.1, 0.15) is 32.9 Å². The van der Waals surface area contributed by atoms with E-state index in [9.17, 15) is 9.90 Å². The Morgan fingerprint density at radius 1 is 1.15 bits per heavy atom. The second-order valence-corrected chi connectivity index (χ2v) is 5.97. The molecule has 0 aliphatic carbocycles. The number of hydrogen-bond donors (Lipinski definition) is 2. The third-order valence-electron chi connectivity index (χ3n) is 4.10. The average molecular weight is 348 g/mol. The molecule has 6 heteroatoms. The van der Waals surface area contributed by atoms with Crippen LogP contribution in [0.4, 0.5) is 0 Å². The molecule has 6 nitrogen and oxygen atoms in total. The maximum atomic E-state index is 12.0. The summed E-state index contributed by atoms with van der Waals surface area (Å²) in [4.78, 5) is 12.0. The minimum Gasteiger partial charge on any atom is -0.508 e. The van der Waals surface area contributed by atoms with Crippen LogP contribution in [0.25, 0.3) is 0 Å². The van der Waals surface area contributed by atoms with E-state index in [1.165, 1.54) is 29.8 Å². The molecule has 0 radical (unpaired) electrons. The van der Waals surface area contributed by atoms with Gasteiger partial charge in [0.25, 0.3) is 5.91 Å². The van der Waals surface area contributed by atoms with Gasteiger partial charge in [0.15, 0.2) is 0 Å². The Morgan fingerprint density at radius 3 is 2.54 bits per heavy atom. The maximum absolute atomic E-state index is 12.0. The predicted molar refractivity (Wildman–Crippen MR) is 100 cm³/mol. The minimum absolute atomic E-state index is 0.113. The number of hydrazone groups is 1. The number of amides is 1. The van der Waals surface area contributed by atoms with Gasteiger partial charge >= 0.3 is 0 Å². The molecule has 0 saturated carbocycles. The summed E-state index contributed by atoms with van der Waals surface area (Å²) < 4.78 is 1.92. The van der Waals surface area contributed by atoms with Gasteiger partial charge in [0.05, 0.1) is 18.5 Å². The quantitative estimate of drug-likeness (QED) is 0.549. The molecule has 1 heterocycles. The van der Waals surface area contributed by atoms with Crippen LogP contribution in [0.15, 0.2) is 59.7 Å². The molecular formula is C20H20N4O2. The van der Waals surface area contributed by atoms with Crippen molar-refractivity contribution in [3.8, 4) is 5.75 Å². The number of rotatable bonds is 5. The molecule has 0 atom stereocenters. The Kier molecular flexibility index (Phi) is 5.12. The van der Waals surface area contributed by atoms with Crippen molar-refractivity contribution in [2.45, 2.75) is 20.4 Å². The number of benzene rings is 2. The van der Waals surface area contributed by atoms with E-state index in [0.717, 1.165) is 17.0 Å². The summed E-state index contributed by atoms with van der Waals surface area (Å²) in [5.74, 6) is -0.227. The van der Waals surface area contributed by atoms with Gasteiger partial charge in [0, 0.05) is 16.8 Å². The first-order chi connectivity index (χ1) is 12.5. The van der Waals surface area contributed by atoms with E-state index in [2.05, 4.69) is 27.8 Å². The highest BCUT2D eigenvalue weighted by atomic mass is 16.3. The molecule has 0 spiro atoms. The smallest absolute Gasteiger partial charge is 0.271 e.